The van der Waals surface area contributed by atoms with Gasteiger partial charge in [-0.1, -0.05) is 12.1 Å². The molecule has 1 aromatic heterocycles. The predicted molar refractivity (Wildman–Crippen MR) is 103 cm³/mol. The number of allylic oxidation sites excluding steroid dienone is 1. The minimum atomic E-state index is -0.247. The topological polar surface area (TPSA) is 39.4 Å². The molecule has 0 saturated carbocycles. The van der Waals surface area contributed by atoms with Gasteiger partial charge in [-0.15, -0.1) is 0 Å². The molecule has 4 nitrogen and oxygen atoms in total. The van der Waals surface area contributed by atoms with Gasteiger partial charge in [-0.05, 0) is 42.8 Å². The van der Waals surface area contributed by atoms with E-state index in [0.717, 1.165) is 11.1 Å². The summed E-state index contributed by atoms with van der Waals surface area (Å²) in [5.41, 5.74) is 2.26. The molecule has 0 spiro atoms. The number of rotatable bonds is 5. The fourth-order valence-electron chi connectivity index (χ4n) is 3.09. The number of pyridine rings is 1. The van der Waals surface area contributed by atoms with Crippen LogP contribution in [0.3, 0.4) is 0 Å². The summed E-state index contributed by atoms with van der Waals surface area (Å²) >= 11 is 0. The third-order valence-corrected chi connectivity index (χ3v) is 4.42. The molecule has 1 aliphatic heterocycles. The van der Waals surface area contributed by atoms with E-state index >= 15 is 0 Å². The first-order chi connectivity index (χ1) is 13.6. The second kappa shape index (κ2) is 7.64. The maximum absolute atomic E-state index is 13.3. The average Bonchev–Trinajstić information content (AvgIpc) is 2.99. The third kappa shape index (κ3) is 3.78. The first kappa shape index (κ1) is 17.9. The van der Waals surface area contributed by atoms with Crippen molar-refractivity contribution in [1.29, 1.82) is 0 Å². The average molecular weight is 376 g/mol. The van der Waals surface area contributed by atoms with Crippen LogP contribution in [0.25, 0.3) is 6.08 Å². The molecule has 28 heavy (non-hydrogen) atoms. The van der Waals surface area contributed by atoms with Crippen molar-refractivity contribution in [2.24, 2.45) is 0 Å². The van der Waals surface area contributed by atoms with Gasteiger partial charge < -0.3 is 9.47 Å². The molecule has 3 aromatic rings. The Morgan fingerprint density at radius 2 is 1.93 bits per heavy atom. The van der Waals surface area contributed by atoms with E-state index in [1.807, 2.05) is 42.1 Å². The van der Waals surface area contributed by atoms with Crippen LogP contribution in [0.4, 0.5) is 4.39 Å². The van der Waals surface area contributed by atoms with Crippen molar-refractivity contribution >= 4 is 11.9 Å². The molecular weight excluding hydrogens is 357 g/mol. The number of hydrogen-bond acceptors (Lipinski definition) is 3. The quantitative estimate of drug-likeness (QED) is 0.495. The molecule has 2 aromatic carbocycles. The number of halogens is 1. The largest absolute Gasteiger partial charge is 0.494 e. The van der Waals surface area contributed by atoms with E-state index in [2.05, 4.69) is 0 Å². The van der Waals surface area contributed by atoms with Crippen molar-refractivity contribution in [2.75, 3.05) is 6.61 Å². The van der Waals surface area contributed by atoms with Crippen molar-refractivity contribution in [1.82, 2.24) is 0 Å². The third-order valence-electron chi connectivity index (χ3n) is 4.42. The smallest absolute Gasteiger partial charge is 0.231 e. The summed E-state index contributed by atoms with van der Waals surface area (Å²) in [7, 11) is 0. The number of fused-ring (bicyclic) bond motifs is 1. The Labute approximate surface area is 162 Å². The number of aromatic nitrogens is 1. The summed E-state index contributed by atoms with van der Waals surface area (Å²) in [5, 5.41) is 0. The zero-order chi connectivity index (χ0) is 19.5. The molecule has 0 fully saturated rings. The van der Waals surface area contributed by atoms with Gasteiger partial charge in [0.1, 0.15) is 17.3 Å². The van der Waals surface area contributed by atoms with E-state index in [1.54, 1.807) is 30.3 Å². The first-order valence-corrected chi connectivity index (χ1v) is 9.07. The fourth-order valence-corrected chi connectivity index (χ4v) is 3.09. The Hall–Kier alpha value is -3.47. The van der Waals surface area contributed by atoms with Gasteiger partial charge in [0.25, 0.3) is 0 Å². The molecule has 1 aliphatic rings. The van der Waals surface area contributed by atoms with Crippen LogP contribution in [-0.2, 0) is 6.54 Å². The summed E-state index contributed by atoms with van der Waals surface area (Å²) in [6.07, 6.45) is 5.49. The lowest BCUT2D eigenvalue weighted by Gasteiger charge is -2.03. The Morgan fingerprint density at radius 1 is 1.11 bits per heavy atom. The van der Waals surface area contributed by atoms with Crippen LogP contribution in [0.15, 0.2) is 72.8 Å². The first-order valence-electron chi connectivity index (χ1n) is 9.07. The van der Waals surface area contributed by atoms with E-state index in [1.165, 1.54) is 12.1 Å². The lowest BCUT2D eigenvalue weighted by atomic mass is 10.1. The Bertz CT molecular complexity index is 1060. The van der Waals surface area contributed by atoms with Crippen molar-refractivity contribution in [3.05, 3.63) is 95.3 Å². The highest BCUT2D eigenvalue weighted by atomic mass is 19.1. The van der Waals surface area contributed by atoms with E-state index < -0.39 is 0 Å². The van der Waals surface area contributed by atoms with Gasteiger partial charge in [-0.25, -0.2) is 8.96 Å². The van der Waals surface area contributed by atoms with E-state index in [9.17, 15) is 9.18 Å². The molecule has 0 atom stereocenters. The monoisotopic (exact) mass is 376 g/mol. The molecule has 0 unspecified atom stereocenters. The summed E-state index contributed by atoms with van der Waals surface area (Å²) in [6, 6.07) is 15.5. The normalized spacial score (nSPS) is 14.1. The van der Waals surface area contributed by atoms with Gasteiger partial charge in [0.05, 0.1) is 12.2 Å². The van der Waals surface area contributed by atoms with Gasteiger partial charge >= 0.3 is 0 Å². The molecule has 4 rings (SSSR count). The number of nitrogens with zero attached hydrogens (tertiary/aromatic N) is 1. The predicted octanol–water partition coefficient (Wildman–Crippen LogP) is 4.18. The number of benzene rings is 2. The highest BCUT2D eigenvalue weighted by Gasteiger charge is 2.27. The molecule has 0 saturated heterocycles. The Balaban J connectivity index is 1.50. The summed E-state index contributed by atoms with van der Waals surface area (Å²) in [5.74, 6) is 1.08. The zero-order valence-electron chi connectivity index (χ0n) is 15.4. The number of hydrogen-bond donors (Lipinski definition) is 0. The molecule has 5 heteroatoms. The van der Waals surface area contributed by atoms with Crippen molar-refractivity contribution in [3.63, 3.8) is 0 Å². The number of Topliss-reactive ketones (excluding diaryl/α,β-unsaturated/α-hetero) is 1. The maximum atomic E-state index is 13.3. The van der Waals surface area contributed by atoms with Crippen molar-refractivity contribution < 1.29 is 23.2 Å². The molecule has 0 aliphatic carbocycles. The minimum Gasteiger partial charge on any atom is -0.494 e. The van der Waals surface area contributed by atoms with Crippen LogP contribution < -0.4 is 14.0 Å². The standard InChI is InChI=1S/C23H19FNO3/c1-2-27-19-6-7-20-21(14-19)28-22(23(20)26)13-16-8-10-25(11-9-16)15-17-4-3-5-18(24)12-17/h3-14H,2,15H2,1H3/q+1/b22-13-. The number of ether oxygens (including phenoxy) is 2. The number of carbonyl (C=O) groups is 1. The summed E-state index contributed by atoms with van der Waals surface area (Å²) in [6.45, 7) is 3.02. The summed E-state index contributed by atoms with van der Waals surface area (Å²) in [4.78, 5) is 12.5. The van der Waals surface area contributed by atoms with E-state index in [4.69, 9.17) is 9.47 Å². The Kier molecular flexibility index (Phi) is 4.89. The van der Waals surface area contributed by atoms with Gasteiger partial charge in [-0.2, -0.15) is 0 Å². The van der Waals surface area contributed by atoms with Crippen LogP contribution >= 0.6 is 0 Å². The van der Waals surface area contributed by atoms with Crippen LogP contribution in [0.2, 0.25) is 0 Å². The zero-order valence-corrected chi connectivity index (χ0v) is 15.4. The second-order valence-corrected chi connectivity index (χ2v) is 6.46. The van der Waals surface area contributed by atoms with Gasteiger partial charge in [0.2, 0.25) is 5.78 Å². The van der Waals surface area contributed by atoms with E-state index in [0.29, 0.717) is 30.2 Å². The fraction of sp³-hybridized carbons (Fsp3) is 0.130. The highest BCUT2D eigenvalue weighted by Crippen LogP contribution is 2.34. The van der Waals surface area contributed by atoms with Crippen molar-refractivity contribution in [2.45, 2.75) is 13.5 Å². The molecule has 0 amide bonds. The van der Waals surface area contributed by atoms with Crippen LogP contribution in [-0.4, -0.2) is 12.4 Å². The van der Waals surface area contributed by atoms with Crippen LogP contribution in [0, 0.1) is 5.82 Å². The van der Waals surface area contributed by atoms with Gasteiger partial charge in [0.15, 0.2) is 24.7 Å². The van der Waals surface area contributed by atoms with Gasteiger partial charge in [0, 0.05) is 23.8 Å². The molecular formula is C23H19FNO3+. The SMILES string of the molecule is CCOc1ccc2c(c1)O/C(=C\c1cc[n+](Cc3cccc(F)c3)cc1)C2=O. The summed E-state index contributed by atoms with van der Waals surface area (Å²) < 4.78 is 26.4. The second-order valence-electron chi connectivity index (χ2n) is 6.46. The molecule has 0 radical (unpaired) electrons. The van der Waals surface area contributed by atoms with E-state index in [-0.39, 0.29) is 17.4 Å². The lowest BCUT2D eigenvalue weighted by Crippen LogP contribution is -2.33. The minimum absolute atomic E-state index is 0.144. The molecule has 2 heterocycles. The van der Waals surface area contributed by atoms with Crippen LogP contribution in [0.5, 0.6) is 11.5 Å². The molecule has 140 valence electrons. The lowest BCUT2D eigenvalue weighted by molar-refractivity contribution is -0.688. The molecule has 0 bridgehead atoms. The van der Waals surface area contributed by atoms with Crippen LogP contribution in [0.1, 0.15) is 28.4 Å². The van der Waals surface area contributed by atoms with Gasteiger partial charge in [-0.3, -0.25) is 4.79 Å². The highest BCUT2D eigenvalue weighted by molar-refractivity contribution is 6.14. The number of carbonyl (C=O) groups excluding carboxylic acids is 1. The number of ketones is 1. The Morgan fingerprint density at radius 3 is 2.68 bits per heavy atom. The molecule has 0 N–H and O–H groups in total. The maximum Gasteiger partial charge on any atom is 0.231 e. The van der Waals surface area contributed by atoms with Crippen molar-refractivity contribution in [3.8, 4) is 11.5 Å².